The molecule has 1 saturated carbocycles. The molecule has 1 aromatic heterocycles. The molecule has 0 bridgehead atoms. The zero-order valence-corrected chi connectivity index (χ0v) is 14.7. The SMILES string of the molecule is CCCNCC1(CN(CC)Cc2cccs2)CCCCC1. The van der Waals surface area contributed by atoms with Crippen LogP contribution in [-0.2, 0) is 6.54 Å². The van der Waals surface area contributed by atoms with E-state index in [1.807, 2.05) is 11.3 Å². The molecule has 0 spiro atoms. The molecule has 0 amide bonds. The maximum Gasteiger partial charge on any atom is 0.0328 e. The Morgan fingerprint density at radius 1 is 1.24 bits per heavy atom. The average molecular weight is 309 g/mol. The molecule has 2 rings (SSSR count). The van der Waals surface area contributed by atoms with Crippen molar-refractivity contribution >= 4 is 11.3 Å². The minimum Gasteiger partial charge on any atom is -0.316 e. The van der Waals surface area contributed by atoms with Crippen molar-refractivity contribution in [2.45, 2.75) is 58.9 Å². The molecule has 0 atom stereocenters. The fourth-order valence-electron chi connectivity index (χ4n) is 3.60. The number of nitrogens with zero attached hydrogens (tertiary/aromatic N) is 1. The van der Waals surface area contributed by atoms with E-state index in [4.69, 9.17) is 0 Å². The number of thiophene rings is 1. The predicted molar refractivity (Wildman–Crippen MR) is 93.9 cm³/mol. The van der Waals surface area contributed by atoms with Crippen LogP contribution in [0.2, 0.25) is 0 Å². The molecular formula is C18H32N2S. The Hall–Kier alpha value is -0.380. The fourth-order valence-corrected chi connectivity index (χ4v) is 4.35. The van der Waals surface area contributed by atoms with Gasteiger partial charge in [0.15, 0.2) is 0 Å². The highest BCUT2D eigenvalue weighted by Gasteiger charge is 2.33. The third-order valence-electron chi connectivity index (χ3n) is 4.81. The van der Waals surface area contributed by atoms with Crippen LogP contribution in [0.15, 0.2) is 17.5 Å². The molecular weight excluding hydrogens is 276 g/mol. The molecule has 1 fully saturated rings. The lowest BCUT2D eigenvalue weighted by molar-refractivity contribution is 0.102. The van der Waals surface area contributed by atoms with E-state index in [1.165, 1.54) is 63.0 Å². The average Bonchev–Trinajstić information content (AvgIpc) is 3.01. The van der Waals surface area contributed by atoms with Crippen molar-refractivity contribution in [3.8, 4) is 0 Å². The second-order valence-corrected chi connectivity index (χ2v) is 7.65. The van der Waals surface area contributed by atoms with Gasteiger partial charge >= 0.3 is 0 Å². The molecule has 1 aliphatic rings. The van der Waals surface area contributed by atoms with Gasteiger partial charge in [-0.2, -0.15) is 0 Å². The molecule has 1 heterocycles. The predicted octanol–water partition coefficient (Wildman–Crippen LogP) is 4.52. The topological polar surface area (TPSA) is 15.3 Å². The first-order chi connectivity index (χ1) is 10.3. The maximum atomic E-state index is 3.71. The molecule has 0 unspecified atom stereocenters. The summed E-state index contributed by atoms with van der Waals surface area (Å²) in [6, 6.07) is 4.45. The molecule has 120 valence electrons. The summed E-state index contributed by atoms with van der Waals surface area (Å²) >= 11 is 1.89. The lowest BCUT2D eigenvalue weighted by Crippen LogP contribution is -2.45. The Kier molecular flexibility index (Phi) is 7.21. The zero-order chi connectivity index (χ0) is 15.0. The van der Waals surface area contributed by atoms with Crippen molar-refractivity contribution in [2.24, 2.45) is 5.41 Å². The molecule has 2 nitrogen and oxygen atoms in total. The van der Waals surface area contributed by atoms with E-state index in [0.29, 0.717) is 5.41 Å². The lowest BCUT2D eigenvalue weighted by atomic mass is 9.73. The first kappa shape index (κ1) is 17.0. The standard InChI is InChI=1S/C18H32N2S/c1-3-12-19-15-18(10-6-5-7-11-18)16-20(4-2)14-17-9-8-13-21-17/h8-9,13,19H,3-7,10-12,14-16H2,1-2H3. The van der Waals surface area contributed by atoms with Gasteiger partial charge in [0.05, 0.1) is 0 Å². The van der Waals surface area contributed by atoms with Gasteiger partial charge in [0, 0.05) is 24.5 Å². The quantitative estimate of drug-likeness (QED) is 0.675. The van der Waals surface area contributed by atoms with Crippen molar-refractivity contribution in [2.75, 3.05) is 26.2 Å². The highest BCUT2D eigenvalue weighted by atomic mass is 32.1. The number of hydrogen-bond acceptors (Lipinski definition) is 3. The van der Waals surface area contributed by atoms with E-state index >= 15 is 0 Å². The van der Waals surface area contributed by atoms with Gasteiger partial charge in [-0.25, -0.2) is 0 Å². The van der Waals surface area contributed by atoms with E-state index in [1.54, 1.807) is 0 Å². The molecule has 0 radical (unpaired) electrons. The summed E-state index contributed by atoms with van der Waals surface area (Å²) in [5.41, 5.74) is 0.515. The van der Waals surface area contributed by atoms with Gasteiger partial charge in [0.25, 0.3) is 0 Å². The maximum absolute atomic E-state index is 3.71. The van der Waals surface area contributed by atoms with E-state index in [9.17, 15) is 0 Å². The van der Waals surface area contributed by atoms with Crippen molar-refractivity contribution in [1.82, 2.24) is 10.2 Å². The van der Waals surface area contributed by atoms with Gasteiger partial charge in [-0.05, 0) is 49.2 Å². The van der Waals surface area contributed by atoms with E-state index in [2.05, 4.69) is 41.6 Å². The molecule has 21 heavy (non-hydrogen) atoms. The lowest BCUT2D eigenvalue weighted by Gasteiger charge is -2.41. The first-order valence-electron chi connectivity index (χ1n) is 8.73. The van der Waals surface area contributed by atoms with E-state index in [0.717, 1.165) is 13.1 Å². The van der Waals surface area contributed by atoms with Crippen LogP contribution < -0.4 is 5.32 Å². The van der Waals surface area contributed by atoms with Gasteiger partial charge in [-0.1, -0.05) is 39.2 Å². The van der Waals surface area contributed by atoms with Crippen LogP contribution in [0.4, 0.5) is 0 Å². The Morgan fingerprint density at radius 3 is 2.67 bits per heavy atom. The zero-order valence-electron chi connectivity index (χ0n) is 13.9. The molecule has 1 aliphatic carbocycles. The third kappa shape index (κ3) is 5.39. The highest BCUT2D eigenvalue weighted by Crippen LogP contribution is 2.37. The van der Waals surface area contributed by atoms with E-state index < -0.39 is 0 Å². The molecule has 0 aliphatic heterocycles. The summed E-state index contributed by atoms with van der Waals surface area (Å²) in [5, 5.41) is 5.91. The minimum absolute atomic E-state index is 0.515. The Balaban J connectivity index is 1.94. The summed E-state index contributed by atoms with van der Waals surface area (Å²) in [5.74, 6) is 0. The second kappa shape index (κ2) is 8.92. The Bertz CT molecular complexity index is 369. The fraction of sp³-hybridized carbons (Fsp3) is 0.778. The molecule has 0 saturated heterocycles. The van der Waals surface area contributed by atoms with Gasteiger partial charge in [-0.3, -0.25) is 4.90 Å². The number of hydrogen-bond donors (Lipinski definition) is 1. The monoisotopic (exact) mass is 308 g/mol. The molecule has 0 aromatic carbocycles. The van der Waals surface area contributed by atoms with Crippen LogP contribution in [0, 0.1) is 5.41 Å². The van der Waals surface area contributed by atoms with Gasteiger partial charge in [0.1, 0.15) is 0 Å². The molecule has 1 aromatic rings. The highest BCUT2D eigenvalue weighted by molar-refractivity contribution is 7.09. The third-order valence-corrected chi connectivity index (χ3v) is 5.67. The summed E-state index contributed by atoms with van der Waals surface area (Å²) in [6.45, 7) is 10.5. The van der Waals surface area contributed by atoms with Crippen LogP contribution in [0.5, 0.6) is 0 Å². The van der Waals surface area contributed by atoms with Crippen molar-refractivity contribution in [3.63, 3.8) is 0 Å². The summed E-state index contributed by atoms with van der Waals surface area (Å²) < 4.78 is 0. The first-order valence-corrected chi connectivity index (χ1v) is 9.61. The van der Waals surface area contributed by atoms with Crippen LogP contribution in [-0.4, -0.2) is 31.1 Å². The van der Waals surface area contributed by atoms with Crippen molar-refractivity contribution < 1.29 is 0 Å². The van der Waals surface area contributed by atoms with Crippen LogP contribution in [0.25, 0.3) is 0 Å². The molecule has 3 heteroatoms. The van der Waals surface area contributed by atoms with Crippen molar-refractivity contribution in [1.29, 1.82) is 0 Å². The van der Waals surface area contributed by atoms with Crippen LogP contribution in [0.3, 0.4) is 0 Å². The minimum atomic E-state index is 0.515. The summed E-state index contributed by atoms with van der Waals surface area (Å²) in [4.78, 5) is 4.16. The van der Waals surface area contributed by atoms with Crippen LogP contribution >= 0.6 is 11.3 Å². The number of rotatable bonds is 9. The Morgan fingerprint density at radius 2 is 2.05 bits per heavy atom. The Labute approximate surface area is 134 Å². The van der Waals surface area contributed by atoms with Crippen LogP contribution in [0.1, 0.15) is 57.2 Å². The summed E-state index contributed by atoms with van der Waals surface area (Å²) in [7, 11) is 0. The normalized spacial score (nSPS) is 18.2. The van der Waals surface area contributed by atoms with Gasteiger partial charge in [0.2, 0.25) is 0 Å². The van der Waals surface area contributed by atoms with E-state index in [-0.39, 0.29) is 0 Å². The largest absolute Gasteiger partial charge is 0.316 e. The molecule has 1 N–H and O–H groups in total. The van der Waals surface area contributed by atoms with Gasteiger partial charge in [-0.15, -0.1) is 11.3 Å². The second-order valence-electron chi connectivity index (χ2n) is 6.62. The number of nitrogens with one attached hydrogen (secondary N) is 1. The smallest absolute Gasteiger partial charge is 0.0328 e. The summed E-state index contributed by atoms with van der Waals surface area (Å²) in [6.07, 6.45) is 8.33. The van der Waals surface area contributed by atoms with Crippen molar-refractivity contribution in [3.05, 3.63) is 22.4 Å². The van der Waals surface area contributed by atoms with Gasteiger partial charge < -0.3 is 5.32 Å².